The SMILES string of the molecule is Cc1nc(COc2ccccc2C(=O)N2CC[C@@H]3CNC[C@@H]3CC2)cs1.Cl.Cl. The first-order valence-corrected chi connectivity index (χ1v) is 10.2. The Kier molecular flexibility index (Phi) is 8.56. The molecule has 0 bridgehead atoms. The van der Waals surface area contributed by atoms with Crippen LogP contribution in [0.1, 0.15) is 33.9 Å². The highest BCUT2D eigenvalue weighted by molar-refractivity contribution is 7.09. The minimum atomic E-state index is 0. The molecule has 2 aromatic rings. The highest BCUT2D eigenvalue weighted by Gasteiger charge is 2.32. The quantitative estimate of drug-likeness (QED) is 0.776. The van der Waals surface area contributed by atoms with E-state index in [9.17, 15) is 4.79 Å². The second-order valence-corrected chi connectivity index (χ2v) is 8.25. The number of para-hydroxylation sites is 1. The minimum absolute atomic E-state index is 0. The van der Waals surface area contributed by atoms with Crippen LogP contribution in [0, 0.1) is 18.8 Å². The van der Waals surface area contributed by atoms with Crippen molar-refractivity contribution in [3.8, 4) is 5.75 Å². The molecular weight excluding hydrogens is 417 g/mol. The van der Waals surface area contributed by atoms with Crippen LogP contribution in [-0.4, -0.2) is 42.0 Å². The molecule has 2 fully saturated rings. The first-order valence-electron chi connectivity index (χ1n) is 9.33. The summed E-state index contributed by atoms with van der Waals surface area (Å²) in [5.41, 5.74) is 1.56. The van der Waals surface area contributed by atoms with E-state index in [4.69, 9.17) is 4.74 Å². The predicted molar refractivity (Wildman–Crippen MR) is 117 cm³/mol. The Hall–Kier alpha value is -1.34. The fourth-order valence-corrected chi connectivity index (χ4v) is 4.58. The van der Waals surface area contributed by atoms with Gasteiger partial charge in [0.2, 0.25) is 0 Å². The lowest BCUT2D eigenvalue weighted by molar-refractivity contribution is 0.0753. The highest BCUT2D eigenvalue weighted by atomic mass is 35.5. The number of halogens is 2. The lowest BCUT2D eigenvalue weighted by Gasteiger charge is -2.22. The van der Waals surface area contributed by atoms with E-state index >= 15 is 0 Å². The molecule has 1 N–H and O–H groups in total. The summed E-state index contributed by atoms with van der Waals surface area (Å²) >= 11 is 1.61. The van der Waals surface area contributed by atoms with E-state index in [1.165, 1.54) is 0 Å². The van der Waals surface area contributed by atoms with Gasteiger partial charge in [-0.3, -0.25) is 4.79 Å². The van der Waals surface area contributed by atoms with E-state index < -0.39 is 0 Å². The van der Waals surface area contributed by atoms with Crippen molar-refractivity contribution in [3.05, 3.63) is 45.9 Å². The van der Waals surface area contributed by atoms with Crippen molar-refractivity contribution in [1.82, 2.24) is 15.2 Å². The number of carbonyl (C=O) groups excluding carboxylic acids is 1. The molecule has 1 aromatic heterocycles. The summed E-state index contributed by atoms with van der Waals surface area (Å²) in [5.74, 6) is 2.16. The molecule has 0 radical (unpaired) electrons. The number of nitrogens with one attached hydrogen (secondary N) is 1. The molecule has 2 saturated heterocycles. The standard InChI is InChI=1S/C20H25N3O2S.2ClH/c1-14-22-17(13-26-14)12-25-19-5-3-2-4-18(19)20(24)23-8-6-15-10-21-11-16(15)7-9-23;;/h2-5,13,15-16,21H,6-12H2,1H3;2*1H/t15-,16+;;. The summed E-state index contributed by atoms with van der Waals surface area (Å²) in [4.78, 5) is 19.6. The molecule has 0 saturated carbocycles. The average molecular weight is 444 g/mol. The molecule has 3 heterocycles. The zero-order valence-electron chi connectivity index (χ0n) is 15.9. The summed E-state index contributed by atoms with van der Waals surface area (Å²) in [6.07, 6.45) is 2.18. The van der Waals surface area contributed by atoms with Crippen LogP contribution in [0.25, 0.3) is 0 Å². The van der Waals surface area contributed by atoms with E-state index in [0.29, 0.717) is 29.8 Å². The molecule has 8 heteroatoms. The van der Waals surface area contributed by atoms with Crippen molar-refractivity contribution in [2.75, 3.05) is 26.2 Å². The number of likely N-dealkylation sites (tertiary alicyclic amines) is 1. The Labute approximate surface area is 182 Å². The number of amides is 1. The number of aromatic nitrogens is 1. The number of benzene rings is 1. The number of nitrogens with zero attached hydrogens (tertiary/aromatic N) is 2. The molecule has 0 unspecified atom stereocenters. The van der Waals surface area contributed by atoms with Crippen LogP contribution in [0.2, 0.25) is 0 Å². The monoisotopic (exact) mass is 443 g/mol. The molecule has 154 valence electrons. The molecule has 4 rings (SSSR count). The van der Waals surface area contributed by atoms with Crippen LogP contribution in [0.4, 0.5) is 0 Å². The predicted octanol–water partition coefficient (Wildman–Crippen LogP) is 3.95. The highest BCUT2D eigenvalue weighted by Crippen LogP contribution is 2.29. The van der Waals surface area contributed by atoms with E-state index in [0.717, 1.165) is 49.7 Å². The maximum atomic E-state index is 13.1. The number of carbonyl (C=O) groups is 1. The third kappa shape index (κ3) is 5.17. The molecular formula is C20H27Cl2N3O2S. The number of hydrogen-bond acceptors (Lipinski definition) is 5. The van der Waals surface area contributed by atoms with Gasteiger partial charge >= 0.3 is 0 Å². The van der Waals surface area contributed by atoms with Gasteiger partial charge in [-0.25, -0.2) is 4.98 Å². The fourth-order valence-electron chi connectivity index (χ4n) is 3.99. The zero-order valence-corrected chi connectivity index (χ0v) is 18.4. The third-order valence-electron chi connectivity index (χ3n) is 5.47. The molecule has 1 amide bonds. The molecule has 2 aliphatic rings. The molecule has 2 aliphatic heterocycles. The number of ether oxygens (including phenoxy) is 1. The zero-order chi connectivity index (χ0) is 17.9. The van der Waals surface area contributed by atoms with Crippen molar-refractivity contribution in [3.63, 3.8) is 0 Å². The van der Waals surface area contributed by atoms with Gasteiger partial charge in [0.15, 0.2) is 0 Å². The average Bonchev–Trinajstić information content (AvgIpc) is 3.24. The van der Waals surface area contributed by atoms with Crippen molar-refractivity contribution in [2.45, 2.75) is 26.4 Å². The van der Waals surface area contributed by atoms with Gasteiger partial charge in [-0.15, -0.1) is 36.2 Å². The van der Waals surface area contributed by atoms with Crippen molar-refractivity contribution < 1.29 is 9.53 Å². The van der Waals surface area contributed by atoms with E-state index in [2.05, 4.69) is 10.3 Å². The van der Waals surface area contributed by atoms with Gasteiger partial charge in [0, 0.05) is 18.5 Å². The van der Waals surface area contributed by atoms with Crippen LogP contribution in [0.3, 0.4) is 0 Å². The molecule has 1 aromatic carbocycles. The van der Waals surface area contributed by atoms with Crippen molar-refractivity contribution in [2.24, 2.45) is 11.8 Å². The van der Waals surface area contributed by atoms with Gasteiger partial charge in [-0.2, -0.15) is 0 Å². The maximum Gasteiger partial charge on any atom is 0.257 e. The maximum absolute atomic E-state index is 13.1. The van der Waals surface area contributed by atoms with E-state index in [1.807, 2.05) is 41.5 Å². The Morgan fingerprint density at radius 3 is 2.54 bits per heavy atom. The number of aryl methyl sites for hydroxylation is 1. The molecule has 28 heavy (non-hydrogen) atoms. The minimum Gasteiger partial charge on any atom is -0.486 e. The summed E-state index contributed by atoms with van der Waals surface area (Å²) in [7, 11) is 0. The van der Waals surface area contributed by atoms with Crippen molar-refractivity contribution in [1.29, 1.82) is 0 Å². The largest absolute Gasteiger partial charge is 0.486 e. The van der Waals surface area contributed by atoms with Crippen LogP contribution in [0.5, 0.6) is 5.75 Å². The summed E-state index contributed by atoms with van der Waals surface area (Å²) in [6.45, 7) is 6.24. The molecule has 0 spiro atoms. The van der Waals surface area contributed by atoms with Crippen LogP contribution >= 0.6 is 36.2 Å². The second-order valence-electron chi connectivity index (χ2n) is 7.19. The lowest BCUT2D eigenvalue weighted by atomic mass is 9.92. The summed E-state index contributed by atoms with van der Waals surface area (Å²) in [5, 5.41) is 6.51. The van der Waals surface area contributed by atoms with Gasteiger partial charge in [-0.1, -0.05) is 12.1 Å². The lowest BCUT2D eigenvalue weighted by Crippen LogP contribution is -2.33. The Morgan fingerprint density at radius 2 is 1.89 bits per heavy atom. The number of rotatable bonds is 4. The normalized spacial score (nSPS) is 21.1. The topological polar surface area (TPSA) is 54.5 Å². The Bertz CT molecular complexity index is 772. The molecule has 2 atom stereocenters. The number of thiazole rings is 1. The Morgan fingerprint density at radius 1 is 1.21 bits per heavy atom. The van der Waals surface area contributed by atoms with Gasteiger partial charge < -0.3 is 15.0 Å². The van der Waals surface area contributed by atoms with E-state index in [1.54, 1.807) is 11.3 Å². The first kappa shape index (κ1) is 22.9. The number of hydrogen-bond donors (Lipinski definition) is 1. The van der Waals surface area contributed by atoms with Crippen LogP contribution in [0.15, 0.2) is 29.6 Å². The second kappa shape index (κ2) is 10.4. The van der Waals surface area contributed by atoms with Gasteiger partial charge in [0.05, 0.1) is 16.3 Å². The van der Waals surface area contributed by atoms with Crippen LogP contribution in [-0.2, 0) is 6.61 Å². The summed E-state index contributed by atoms with van der Waals surface area (Å²) < 4.78 is 5.94. The first-order chi connectivity index (χ1) is 12.7. The van der Waals surface area contributed by atoms with Gasteiger partial charge in [-0.05, 0) is 56.8 Å². The van der Waals surface area contributed by atoms with E-state index in [-0.39, 0.29) is 30.7 Å². The smallest absolute Gasteiger partial charge is 0.257 e. The number of fused-ring (bicyclic) bond motifs is 1. The van der Waals surface area contributed by atoms with Gasteiger partial charge in [0.1, 0.15) is 12.4 Å². The molecule has 0 aliphatic carbocycles. The third-order valence-corrected chi connectivity index (χ3v) is 6.29. The van der Waals surface area contributed by atoms with Gasteiger partial charge in [0.25, 0.3) is 5.91 Å². The van der Waals surface area contributed by atoms with Crippen LogP contribution < -0.4 is 10.1 Å². The molecule has 5 nitrogen and oxygen atoms in total. The summed E-state index contributed by atoms with van der Waals surface area (Å²) in [6, 6.07) is 7.57. The Balaban J connectivity index is 0.00000140. The van der Waals surface area contributed by atoms with Crippen molar-refractivity contribution >= 4 is 42.1 Å². The fraction of sp³-hybridized carbons (Fsp3) is 0.500.